The first kappa shape index (κ1) is 17.7. The molecule has 6 heteroatoms. The summed E-state index contributed by atoms with van der Waals surface area (Å²) in [5, 5.41) is 2.69. The van der Waals surface area contributed by atoms with Gasteiger partial charge in [-0.2, -0.15) is 0 Å². The summed E-state index contributed by atoms with van der Waals surface area (Å²) in [6, 6.07) is 13.3. The maximum atomic E-state index is 12.3. The number of hydrogen-bond donors (Lipinski definition) is 1. The fraction of sp³-hybridized carbons (Fsp3) is 0.250. The average Bonchev–Trinajstić information content (AvgIpc) is 2.67. The molecule has 0 bridgehead atoms. The monoisotopic (exact) mass is 351 g/mol. The molecule has 6 nitrogen and oxygen atoms in total. The van der Waals surface area contributed by atoms with Crippen LogP contribution >= 0.6 is 0 Å². The number of carbonyl (C=O) groups excluding carboxylic acids is 2. The molecule has 26 heavy (non-hydrogen) atoms. The van der Waals surface area contributed by atoms with Crippen LogP contribution in [0.2, 0.25) is 0 Å². The number of benzene rings is 1. The van der Waals surface area contributed by atoms with Gasteiger partial charge in [0.15, 0.2) is 0 Å². The molecule has 0 aliphatic carbocycles. The molecule has 1 aliphatic rings. The fourth-order valence-corrected chi connectivity index (χ4v) is 2.76. The van der Waals surface area contributed by atoms with E-state index in [4.69, 9.17) is 4.74 Å². The second-order valence-electron chi connectivity index (χ2n) is 6.09. The first-order valence-electron chi connectivity index (χ1n) is 8.50. The quantitative estimate of drug-likeness (QED) is 0.916. The molecule has 0 fully saturated rings. The van der Waals surface area contributed by atoms with Crippen LogP contribution in [0.5, 0.6) is 0 Å². The summed E-state index contributed by atoms with van der Waals surface area (Å²) in [4.78, 5) is 29.5. The summed E-state index contributed by atoms with van der Waals surface area (Å²) in [6.45, 7) is 2.80. The van der Waals surface area contributed by atoms with Gasteiger partial charge in [0.2, 0.25) is 5.91 Å². The van der Waals surface area contributed by atoms with E-state index in [0.29, 0.717) is 18.8 Å². The molecular weight excluding hydrogens is 330 g/mol. The highest BCUT2D eigenvalue weighted by molar-refractivity contribution is 5.88. The Labute approximate surface area is 152 Å². The number of nitrogens with one attached hydrogen (secondary N) is 1. The second kappa shape index (κ2) is 8.29. The van der Waals surface area contributed by atoms with Crippen molar-refractivity contribution in [1.29, 1.82) is 0 Å². The van der Waals surface area contributed by atoms with E-state index in [1.807, 2.05) is 36.4 Å². The minimum absolute atomic E-state index is 0.135. The number of nitrogens with zero attached hydrogens (tertiary/aromatic N) is 2. The number of carbonyl (C=O) groups is 2. The summed E-state index contributed by atoms with van der Waals surface area (Å²) in [5.41, 5.74) is 3.38. The van der Waals surface area contributed by atoms with Crippen molar-refractivity contribution in [2.45, 2.75) is 20.0 Å². The SMILES string of the molecule is CC(=O)Nc1ccc(C2=CCCN(C(=O)OCc3ccccc3)C2)nc1. The van der Waals surface area contributed by atoms with Crippen LogP contribution in [0.3, 0.4) is 0 Å². The van der Waals surface area contributed by atoms with Crippen molar-refractivity contribution in [1.82, 2.24) is 9.88 Å². The third kappa shape index (κ3) is 4.69. The van der Waals surface area contributed by atoms with E-state index < -0.39 is 0 Å². The zero-order chi connectivity index (χ0) is 18.4. The van der Waals surface area contributed by atoms with Crippen molar-refractivity contribution in [3.8, 4) is 0 Å². The summed E-state index contributed by atoms with van der Waals surface area (Å²) in [6.07, 6.45) is 4.13. The van der Waals surface area contributed by atoms with Crippen LogP contribution in [-0.4, -0.2) is 35.0 Å². The van der Waals surface area contributed by atoms with Crippen LogP contribution in [-0.2, 0) is 16.1 Å². The zero-order valence-electron chi connectivity index (χ0n) is 14.6. The molecule has 3 rings (SSSR count). The average molecular weight is 351 g/mol. The Bertz CT molecular complexity index is 801. The Balaban J connectivity index is 1.58. The molecule has 1 aromatic carbocycles. The van der Waals surface area contributed by atoms with Gasteiger partial charge < -0.3 is 15.0 Å². The molecule has 2 heterocycles. The lowest BCUT2D eigenvalue weighted by Crippen LogP contribution is -2.35. The summed E-state index contributed by atoms with van der Waals surface area (Å²) < 4.78 is 5.41. The first-order valence-corrected chi connectivity index (χ1v) is 8.50. The zero-order valence-corrected chi connectivity index (χ0v) is 14.6. The third-order valence-corrected chi connectivity index (χ3v) is 4.03. The highest BCUT2D eigenvalue weighted by Gasteiger charge is 2.21. The van der Waals surface area contributed by atoms with Crippen molar-refractivity contribution in [2.75, 3.05) is 18.4 Å². The van der Waals surface area contributed by atoms with Gasteiger partial charge in [0.05, 0.1) is 24.1 Å². The molecule has 134 valence electrons. The van der Waals surface area contributed by atoms with Crippen LogP contribution in [0, 0.1) is 0 Å². The Hall–Kier alpha value is -3.15. The lowest BCUT2D eigenvalue weighted by atomic mass is 10.1. The fourth-order valence-electron chi connectivity index (χ4n) is 2.76. The smallest absolute Gasteiger partial charge is 0.410 e. The molecule has 2 aromatic rings. The van der Waals surface area contributed by atoms with E-state index in [1.165, 1.54) is 6.92 Å². The number of pyridine rings is 1. The van der Waals surface area contributed by atoms with Crippen molar-refractivity contribution < 1.29 is 14.3 Å². The lowest BCUT2D eigenvalue weighted by Gasteiger charge is -2.26. The maximum absolute atomic E-state index is 12.3. The molecule has 0 unspecified atom stereocenters. The standard InChI is InChI=1S/C20H21N3O3/c1-15(24)22-18-9-10-19(21-12-18)17-8-5-11-23(13-17)20(25)26-14-16-6-3-2-4-7-16/h2-4,6-10,12H,5,11,13-14H2,1H3,(H,22,24). The van der Waals surface area contributed by atoms with Gasteiger partial charge in [0, 0.05) is 13.5 Å². The van der Waals surface area contributed by atoms with Crippen LogP contribution in [0.25, 0.3) is 5.57 Å². The number of hydrogen-bond acceptors (Lipinski definition) is 4. The molecule has 0 saturated carbocycles. The molecule has 0 saturated heterocycles. The Morgan fingerprint density at radius 1 is 1.19 bits per heavy atom. The van der Waals surface area contributed by atoms with E-state index in [9.17, 15) is 9.59 Å². The summed E-state index contributed by atoms with van der Waals surface area (Å²) in [5.74, 6) is -0.135. The van der Waals surface area contributed by atoms with E-state index in [2.05, 4.69) is 16.4 Å². The van der Waals surface area contributed by atoms with Gasteiger partial charge in [0.25, 0.3) is 0 Å². The van der Waals surface area contributed by atoms with Crippen molar-refractivity contribution >= 4 is 23.3 Å². The van der Waals surface area contributed by atoms with Crippen molar-refractivity contribution in [2.24, 2.45) is 0 Å². The summed E-state index contributed by atoms with van der Waals surface area (Å²) in [7, 11) is 0. The van der Waals surface area contributed by atoms with Gasteiger partial charge in [-0.1, -0.05) is 36.4 Å². The van der Waals surface area contributed by atoms with Crippen LogP contribution < -0.4 is 5.32 Å². The minimum atomic E-state index is -0.325. The predicted octanol–water partition coefficient (Wildman–Crippen LogP) is 3.47. The number of ether oxygens (including phenoxy) is 1. The highest BCUT2D eigenvalue weighted by atomic mass is 16.6. The van der Waals surface area contributed by atoms with Crippen LogP contribution in [0.15, 0.2) is 54.7 Å². The highest BCUT2D eigenvalue weighted by Crippen LogP contribution is 2.21. The molecule has 1 N–H and O–H groups in total. The molecule has 0 spiro atoms. The van der Waals surface area contributed by atoms with Gasteiger partial charge in [0.1, 0.15) is 6.61 Å². The van der Waals surface area contributed by atoms with E-state index in [0.717, 1.165) is 23.3 Å². The normalized spacial score (nSPS) is 13.7. The molecular formula is C20H21N3O3. The lowest BCUT2D eigenvalue weighted by molar-refractivity contribution is -0.114. The summed E-state index contributed by atoms with van der Waals surface area (Å²) >= 11 is 0. The van der Waals surface area contributed by atoms with E-state index >= 15 is 0 Å². The van der Waals surface area contributed by atoms with Crippen LogP contribution in [0.1, 0.15) is 24.6 Å². The molecule has 0 radical (unpaired) electrons. The van der Waals surface area contributed by atoms with Gasteiger partial charge >= 0.3 is 6.09 Å². The number of amides is 2. The number of rotatable bonds is 4. The van der Waals surface area contributed by atoms with E-state index in [1.54, 1.807) is 17.2 Å². The maximum Gasteiger partial charge on any atom is 0.410 e. The molecule has 2 amide bonds. The molecule has 1 aliphatic heterocycles. The Kier molecular flexibility index (Phi) is 5.63. The van der Waals surface area contributed by atoms with Crippen molar-refractivity contribution in [3.05, 3.63) is 66.0 Å². The third-order valence-electron chi connectivity index (χ3n) is 4.03. The van der Waals surface area contributed by atoms with Crippen molar-refractivity contribution in [3.63, 3.8) is 0 Å². The van der Waals surface area contributed by atoms with Crippen LogP contribution in [0.4, 0.5) is 10.5 Å². The first-order chi connectivity index (χ1) is 12.6. The predicted molar refractivity (Wildman–Crippen MR) is 99.3 cm³/mol. The number of anilines is 1. The molecule has 0 atom stereocenters. The van der Waals surface area contributed by atoms with E-state index in [-0.39, 0.29) is 18.6 Å². The minimum Gasteiger partial charge on any atom is -0.445 e. The van der Waals surface area contributed by atoms with Gasteiger partial charge in [-0.05, 0) is 29.7 Å². The Morgan fingerprint density at radius 2 is 2.00 bits per heavy atom. The second-order valence-corrected chi connectivity index (χ2v) is 6.09. The van der Waals surface area contributed by atoms with Gasteiger partial charge in [-0.15, -0.1) is 0 Å². The topological polar surface area (TPSA) is 71.5 Å². The van der Waals surface area contributed by atoms with Gasteiger partial charge in [-0.25, -0.2) is 4.79 Å². The van der Waals surface area contributed by atoms with Gasteiger partial charge in [-0.3, -0.25) is 9.78 Å². The number of aromatic nitrogens is 1. The molecule has 1 aromatic heterocycles. The Morgan fingerprint density at radius 3 is 2.69 bits per heavy atom. The largest absolute Gasteiger partial charge is 0.445 e.